The van der Waals surface area contributed by atoms with Gasteiger partial charge in [0.25, 0.3) is 0 Å². The lowest BCUT2D eigenvalue weighted by atomic mass is 10.0. The molecule has 0 aliphatic heterocycles. The van der Waals surface area contributed by atoms with Gasteiger partial charge in [0.2, 0.25) is 0 Å². The van der Waals surface area contributed by atoms with Gasteiger partial charge in [-0.3, -0.25) is 0 Å². The fourth-order valence-electron chi connectivity index (χ4n) is 2.06. The van der Waals surface area contributed by atoms with Crippen LogP contribution in [0.4, 0.5) is 0 Å². The lowest BCUT2D eigenvalue weighted by Crippen LogP contribution is -2.39. The fraction of sp³-hybridized carbons (Fsp3) is 0.429. The second-order valence-electron chi connectivity index (χ2n) is 4.85. The van der Waals surface area contributed by atoms with E-state index in [1.54, 1.807) is 0 Å². The van der Waals surface area contributed by atoms with E-state index in [9.17, 15) is 0 Å². The molecule has 17 heavy (non-hydrogen) atoms. The molecule has 1 heterocycles. The van der Waals surface area contributed by atoms with Crippen molar-refractivity contribution in [2.75, 3.05) is 6.54 Å². The van der Waals surface area contributed by atoms with Crippen LogP contribution in [0.5, 0.6) is 0 Å². The van der Waals surface area contributed by atoms with Crippen molar-refractivity contribution in [1.29, 1.82) is 0 Å². The number of hydrogen-bond donors (Lipinski definition) is 3. The van der Waals surface area contributed by atoms with E-state index in [0.717, 1.165) is 6.54 Å². The van der Waals surface area contributed by atoms with Gasteiger partial charge in [-0.15, -0.1) is 0 Å². The number of rotatable bonds is 5. The molecule has 0 fully saturated rings. The van der Waals surface area contributed by atoms with Crippen LogP contribution < -0.4 is 11.1 Å². The minimum absolute atomic E-state index is 0.376. The zero-order valence-corrected chi connectivity index (χ0v) is 10.5. The molecule has 0 aliphatic rings. The highest BCUT2D eigenvalue weighted by Crippen LogP contribution is 2.14. The Labute approximate surface area is 102 Å². The third kappa shape index (κ3) is 2.87. The zero-order valence-electron chi connectivity index (χ0n) is 10.5. The quantitative estimate of drug-likeness (QED) is 0.739. The van der Waals surface area contributed by atoms with Gasteiger partial charge in [-0.2, -0.15) is 0 Å². The van der Waals surface area contributed by atoms with Gasteiger partial charge in [-0.05, 0) is 23.4 Å². The molecule has 1 atom stereocenters. The first-order valence-corrected chi connectivity index (χ1v) is 6.21. The number of fused-ring (bicyclic) bond motifs is 1. The lowest BCUT2D eigenvalue weighted by molar-refractivity contribution is 0.403. The molecule has 0 aliphatic carbocycles. The molecule has 3 heteroatoms. The van der Waals surface area contributed by atoms with Gasteiger partial charge in [-0.25, -0.2) is 0 Å². The second-order valence-corrected chi connectivity index (χ2v) is 4.85. The Morgan fingerprint density at radius 1 is 1.29 bits per heavy atom. The minimum Gasteiger partial charge on any atom is -0.357 e. The predicted octanol–water partition coefficient (Wildman–Crippen LogP) is 2.24. The minimum atomic E-state index is 0.376. The van der Waals surface area contributed by atoms with Crippen molar-refractivity contribution in [2.24, 2.45) is 11.7 Å². The Balaban J connectivity index is 2.03. The molecule has 0 spiro atoms. The first kappa shape index (κ1) is 12.1. The zero-order chi connectivity index (χ0) is 12.3. The lowest BCUT2D eigenvalue weighted by Gasteiger charge is -2.20. The van der Waals surface area contributed by atoms with Crippen LogP contribution in [0.15, 0.2) is 30.3 Å². The third-order valence-corrected chi connectivity index (χ3v) is 3.20. The monoisotopic (exact) mass is 231 g/mol. The van der Waals surface area contributed by atoms with Crippen molar-refractivity contribution in [3.63, 3.8) is 0 Å². The Hall–Kier alpha value is -1.32. The summed E-state index contributed by atoms with van der Waals surface area (Å²) in [6.07, 6.45) is 0. The smallest absolute Gasteiger partial charge is 0.0456 e. The molecular formula is C14H21N3. The molecule has 0 bridgehead atoms. The summed E-state index contributed by atoms with van der Waals surface area (Å²) in [5, 5.41) is 4.75. The van der Waals surface area contributed by atoms with Crippen LogP contribution in [0, 0.1) is 5.92 Å². The Bertz CT molecular complexity index is 440. The van der Waals surface area contributed by atoms with Crippen LogP contribution in [-0.2, 0) is 6.54 Å². The highest BCUT2D eigenvalue weighted by Gasteiger charge is 2.10. The van der Waals surface area contributed by atoms with E-state index in [2.05, 4.69) is 48.4 Å². The Morgan fingerprint density at radius 2 is 2.06 bits per heavy atom. The van der Waals surface area contributed by atoms with E-state index in [4.69, 9.17) is 5.73 Å². The van der Waals surface area contributed by atoms with E-state index < -0.39 is 0 Å². The van der Waals surface area contributed by atoms with Crippen LogP contribution in [0.1, 0.15) is 19.5 Å². The summed E-state index contributed by atoms with van der Waals surface area (Å²) in [4.78, 5) is 3.41. The van der Waals surface area contributed by atoms with Crippen molar-refractivity contribution in [3.8, 4) is 0 Å². The number of nitrogens with one attached hydrogen (secondary N) is 2. The van der Waals surface area contributed by atoms with E-state index in [1.165, 1.54) is 16.6 Å². The third-order valence-electron chi connectivity index (χ3n) is 3.20. The van der Waals surface area contributed by atoms with Crippen molar-refractivity contribution in [1.82, 2.24) is 10.3 Å². The predicted molar refractivity (Wildman–Crippen MR) is 72.8 cm³/mol. The normalized spacial score (nSPS) is 13.4. The van der Waals surface area contributed by atoms with Crippen molar-refractivity contribution < 1.29 is 0 Å². The summed E-state index contributed by atoms with van der Waals surface area (Å²) in [6.45, 7) is 5.90. The maximum Gasteiger partial charge on any atom is 0.0456 e. The topological polar surface area (TPSA) is 53.8 Å². The van der Waals surface area contributed by atoms with Crippen LogP contribution >= 0.6 is 0 Å². The van der Waals surface area contributed by atoms with E-state index in [0.29, 0.717) is 18.5 Å². The molecule has 2 aromatic rings. The molecule has 4 N–H and O–H groups in total. The van der Waals surface area contributed by atoms with Crippen molar-refractivity contribution >= 4 is 10.9 Å². The van der Waals surface area contributed by atoms with Crippen LogP contribution in [0.2, 0.25) is 0 Å². The molecule has 2 rings (SSSR count). The second kappa shape index (κ2) is 5.34. The largest absolute Gasteiger partial charge is 0.357 e. The van der Waals surface area contributed by atoms with Crippen molar-refractivity contribution in [2.45, 2.75) is 26.4 Å². The van der Waals surface area contributed by atoms with E-state index >= 15 is 0 Å². The molecule has 3 nitrogen and oxygen atoms in total. The van der Waals surface area contributed by atoms with E-state index in [-0.39, 0.29) is 0 Å². The van der Waals surface area contributed by atoms with Gasteiger partial charge in [0.05, 0.1) is 0 Å². The van der Waals surface area contributed by atoms with E-state index in [1.807, 2.05) is 6.07 Å². The highest BCUT2D eigenvalue weighted by molar-refractivity contribution is 5.80. The first-order valence-electron chi connectivity index (χ1n) is 6.21. The molecule has 92 valence electrons. The highest BCUT2D eigenvalue weighted by atomic mass is 15.0. The molecule has 0 saturated carbocycles. The summed E-state index contributed by atoms with van der Waals surface area (Å²) < 4.78 is 0. The maximum absolute atomic E-state index is 5.74. The molecule has 1 aromatic heterocycles. The number of hydrogen-bond acceptors (Lipinski definition) is 2. The van der Waals surface area contributed by atoms with Gasteiger partial charge in [0.1, 0.15) is 0 Å². The standard InChI is InChI=1S/C14H21N3/c1-10(2)14(8-15)16-9-12-7-11-5-3-4-6-13(11)17-12/h3-7,10,14,16-17H,8-9,15H2,1-2H3. The molecular weight excluding hydrogens is 210 g/mol. The summed E-state index contributed by atoms with van der Waals surface area (Å²) in [6, 6.07) is 10.9. The average molecular weight is 231 g/mol. The van der Waals surface area contributed by atoms with Gasteiger partial charge < -0.3 is 16.0 Å². The van der Waals surface area contributed by atoms with Gasteiger partial charge in [-0.1, -0.05) is 32.0 Å². The number of H-pyrrole nitrogens is 1. The van der Waals surface area contributed by atoms with Gasteiger partial charge in [0.15, 0.2) is 0 Å². The molecule has 0 amide bonds. The molecule has 1 aromatic carbocycles. The number of para-hydroxylation sites is 1. The number of aromatic nitrogens is 1. The molecule has 1 unspecified atom stereocenters. The number of benzene rings is 1. The summed E-state index contributed by atoms with van der Waals surface area (Å²) in [5.41, 5.74) is 8.15. The summed E-state index contributed by atoms with van der Waals surface area (Å²) >= 11 is 0. The number of aromatic amines is 1. The first-order chi connectivity index (χ1) is 8.20. The van der Waals surface area contributed by atoms with Crippen molar-refractivity contribution in [3.05, 3.63) is 36.0 Å². The molecule has 0 saturated heterocycles. The van der Waals surface area contributed by atoms with Gasteiger partial charge >= 0.3 is 0 Å². The average Bonchev–Trinajstić information content (AvgIpc) is 2.71. The summed E-state index contributed by atoms with van der Waals surface area (Å²) in [7, 11) is 0. The van der Waals surface area contributed by atoms with Crippen LogP contribution in [0.3, 0.4) is 0 Å². The Morgan fingerprint density at radius 3 is 2.71 bits per heavy atom. The SMILES string of the molecule is CC(C)C(CN)NCc1cc2ccccc2[nH]1. The fourth-order valence-corrected chi connectivity index (χ4v) is 2.06. The molecule has 0 radical (unpaired) electrons. The van der Waals surface area contributed by atoms with Gasteiger partial charge in [0, 0.05) is 30.3 Å². The van der Waals surface area contributed by atoms with Crippen LogP contribution in [-0.4, -0.2) is 17.6 Å². The number of nitrogens with two attached hydrogens (primary N) is 1. The van der Waals surface area contributed by atoms with Crippen LogP contribution in [0.25, 0.3) is 10.9 Å². The summed E-state index contributed by atoms with van der Waals surface area (Å²) in [5.74, 6) is 0.560. The maximum atomic E-state index is 5.74. The Kier molecular flexibility index (Phi) is 3.82.